The molecule has 3 aromatic carbocycles. The van der Waals surface area contributed by atoms with E-state index in [0.717, 1.165) is 44.8 Å². The second kappa shape index (κ2) is 7.97. The van der Waals surface area contributed by atoms with E-state index in [0.29, 0.717) is 23.6 Å². The summed E-state index contributed by atoms with van der Waals surface area (Å²) in [5, 5.41) is 11.1. The predicted octanol–water partition coefficient (Wildman–Crippen LogP) is 5.08. The summed E-state index contributed by atoms with van der Waals surface area (Å²) in [6.07, 6.45) is 0. The minimum absolute atomic E-state index is 0.218. The van der Waals surface area contributed by atoms with Crippen molar-refractivity contribution in [3.8, 4) is 22.6 Å². The number of nitrogens with zero attached hydrogens (tertiary/aromatic N) is 3. The average Bonchev–Trinajstić information content (AvgIpc) is 3.41. The van der Waals surface area contributed by atoms with Gasteiger partial charge >= 0.3 is 5.97 Å². The standard InChI is InChI=1S/C24H19N3O4S/c1-30-16-6-4-15(5-7-16)22-18-9-8-17(31-2)12-21(18)27(23(22)24(28)29)13-14-3-10-19-20(11-14)26-32-25-19/h3-12H,13H2,1-2H3,(H,28,29). The van der Waals surface area contributed by atoms with Gasteiger partial charge in [0, 0.05) is 23.6 Å². The summed E-state index contributed by atoms with van der Waals surface area (Å²) >= 11 is 1.16. The minimum Gasteiger partial charge on any atom is -0.497 e. The minimum atomic E-state index is -0.998. The Morgan fingerprint density at radius 3 is 2.38 bits per heavy atom. The predicted molar refractivity (Wildman–Crippen MR) is 124 cm³/mol. The number of aromatic carboxylic acids is 1. The Kier molecular flexibility index (Phi) is 4.99. The molecule has 0 fully saturated rings. The zero-order chi connectivity index (χ0) is 22.2. The van der Waals surface area contributed by atoms with Crippen LogP contribution in [0.5, 0.6) is 11.5 Å². The Balaban J connectivity index is 1.75. The van der Waals surface area contributed by atoms with Gasteiger partial charge < -0.3 is 19.1 Å². The van der Waals surface area contributed by atoms with Gasteiger partial charge in [-0.15, -0.1) is 0 Å². The molecule has 0 aliphatic heterocycles. The molecule has 0 aliphatic rings. The van der Waals surface area contributed by atoms with E-state index in [2.05, 4.69) is 8.75 Å². The van der Waals surface area contributed by atoms with E-state index in [1.165, 1.54) is 0 Å². The lowest BCUT2D eigenvalue weighted by Crippen LogP contribution is -2.10. The molecule has 7 nitrogen and oxygen atoms in total. The number of carbonyl (C=O) groups is 1. The Bertz CT molecular complexity index is 1450. The van der Waals surface area contributed by atoms with Crippen LogP contribution in [-0.4, -0.2) is 38.6 Å². The molecule has 160 valence electrons. The molecular weight excluding hydrogens is 426 g/mol. The highest BCUT2D eigenvalue weighted by molar-refractivity contribution is 7.00. The Morgan fingerprint density at radius 2 is 1.66 bits per heavy atom. The fourth-order valence-corrected chi connectivity index (χ4v) is 4.52. The van der Waals surface area contributed by atoms with E-state index in [1.807, 2.05) is 65.2 Å². The third-order valence-electron chi connectivity index (χ3n) is 5.51. The summed E-state index contributed by atoms with van der Waals surface area (Å²) in [5.74, 6) is 0.372. The summed E-state index contributed by atoms with van der Waals surface area (Å²) in [6, 6.07) is 18.8. The molecule has 0 bridgehead atoms. The largest absolute Gasteiger partial charge is 0.497 e. The molecule has 2 aromatic heterocycles. The van der Waals surface area contributed by atoms with Gasteiger partial charge in [0.25, 0.3) is 0 Å². The summed E-state index contributed by atoms with van der Waals surface area (Å²) in [4.78, 5) is 12.5. The topological polar surface area (TPSA) is 86.5 Å². The summed E-state index contributed by atoms with van der Waals surface area (Å²) in [6.45, 7) is 0.370. The average molecular weight is 446 g/mol. The van der Waals surface area contributed by atoms with Crippen molar-refractivity contribution in [1.82, 2.24) is 13.3 Å². The highest BCUT2D eigenvalue weighted by Gasteiger charge is 2.24. The molecule has 1 N–H and O–H groups in total. The number of methoxy groups -OCH3 is 2. The third kappa shape index (κ3) is 3.34. The molecular formula is C24H19N3O4S. The number of fused-ring (bicyclic) bond motifs is 2. The van der Waals surface area contributed by atoms with Crippen LogP contribution in [0, 0.1) is 0 Å². The number of hydrogen-bond acceptors (Lipinski definition) is 6. The first-order chi connectivity index (χ1) is 15.6. The Hall–Kier alpha value is -3.91. The molecule has 8 heteroatoms. The molecule has 5 aromatic rings. The second-order valence-electron chi connectivity index (χ2n) is 7.31. The van der Waals surface area contributed by atoms with Gasteiger partial charge in [-0.05, 0) is 47.5 Å². The molecule has 0 amide bonds. The maximum absolute atomic E-state index is 12.5. The van der Waals surface area contributed by atoms with Gasteiger partial charge in [-0.2, -0.15) is 8.75 Å². The number of benzene rings is 3. The van der Waals surface area contributed by atoms with Crippen LogP contribution in [0.4, 0.5) is 0 Å². The quantitative estimate of drug-likeness (QED) is 0.392. The first-order valence-corrected chi connectivity index (χ1v) is 10.6. The normalized spacial score (nSPS) is 11.2. The molecule has 0 saturated heterocycles. The van der Waals surface area contributed by atoms with Crippen molar-refractivity contribution >= 4 is 39.6 Å². The van der Waals surface area contributed by atoms with Crippen molar-refractivity contribution in [2.45, 2.75) is 6.54 Å². The van der Waals surface area contributed by atoms with E-state index in [1.54, 1.807) is 14.2 Å². The fourth-order valence-electron chi connectivity index (χ4n) is 4.00. The first-order valence-electron chi connectivity index (χ1n) is 9.88. The zero-order valence-corrected chi connectivity index (χ0v) is 18.2. The van der Waals surface area contributed by atoms with Crippen molar-refractivity contribution in [3.63, 3.8) is 0 Å². The maximum atomic E-state index is 12.5. The Labute approximate surface area is 187 Å². The van der Waals surface area contributed by atoms with E-state index in [-0.39, 0.29) is 5.69 Å². The van der Waals surface area contributed by atoms with E-state index in [4.69, 9.17) is 9.47 Å². The van der Waals surface area contributed by atoms with Crippen LogP contribution in [0.15, 0.2) is 60.7 Å². The smallest absolute Gasteiger partial charge is 0.353 e. The lowest BCUT2D eigenvalue weighted by Gasteiger charge is -2.10. The Morgan fingerprint density at radius 1 is 0.938 bits per heavy atom. The monoisotopic (exact) mass is 445 g/mol. The summed E-state index contributed by atoms with van der Waals surface area (Å²) in [5.41, 5.74) is 5.03. The summed E-state index contributed by atoms with van der Waals surface area (Å²) < 4.78 is 21.1. The molecule has 0 saturated carbocycles. The van der Waals surface area contributed by atoms with E-state index < -0.39 is 5.97 Å². The molecule has 32 heavy (non-hydrogen) atoms. The number of rotatable bonds is 6. The SMILES string of the molecule is COc1ccc(-c2c(C(=O)O)n(Cc3ccc4nsnc4c3)c3cc(OC)ccc23)cc1. The van der Waals surface area contributed by atoms with Crippen LogP contribution in [-0.2, 0) is 6.54 Å². The van der Waals surface area contributed by atoms with Gasteiger partial charge in [-0.1, -0.05) is 18.2 Å². The first kappa shape index (κ1) is 20.0. The molecule has 2 heterocycles. The third-order valence-corrected chi connectivity index (χ3v) is 6.07. The van der Waals surface area contributed by atoms with Crippen molar-refractivity contribution in [2.75, 3.05) is 14.2 Å². The number of hydrogen-bond donors (Lipinski definition) is 1. The van der Waals surface area contributed by atoms with Crippen molar-refractivity contribution in [2.24, 2.45) is 0 Å². The number of aromatic nitrogens is 3. The van der Waals surface area contributed by atoms with Crippen LogP contribution in [0.3, 0.4) is 0 Å². The van der Waals surface area contributed by atoms with Crippen LogP contribution in [0.25, 0.3) is 33.1 Å². The highest BCUT2D eigenvalue weighted by Crippen LogP contribution is 2.38. The zero-order valence-electron chi connectivity index (χ0n) is 17.4. The van der Waals surface area contributed by atoms with Gasteiger partial charge in [0.2, 0.25) is 0 Å². The van der Waals surface area contributed by atoms with Crippen molar-refractivity contribution < 1.29 is 19.4 Å². The van der Waals surface area contributed by atoms with Crippen LogP contribution in [0.1, 0.15) is 16.1 Å². The van der Waals surface area contributed by atoms with Gasteiger partial charge in [-0.25, -0.2) is 4.79 Å². The molecule has 0 unspecified atom stereocenters. The van der Waals surface area contributed by atoms with Crippen LogP contribution in [0.2, 0.25) is 0 Å². The molecule has 0 aliphatic carbocycles. The van der Waals surface area contributed by atoms with Crippen molar-refractivity contribution in [1.29, 1.82) is 0 Å². The van der Waals surface area contributed by atoms with E-state index in [9.17, 15) is 9.90 Å². The van der Waals surface area contributed by atoms with E-state index >= 15 is 0 Å². The van der Waals surface area contributed by atoms with Crippen LogP contribution >= 0.6 is 11.7 Å². The maximum Gasteiger partial charge on any atom is 0.353 e. The fraction of sp³-hybridized carbons (Fsp3) is 0.125. The molecule has 5 rings (SSSR count). The molecule has 0 radical (unpaired) electrons. The number of carboxylic acid groups (broad SMARTS) is 1. The van der Waals surface area contributed by atoms with Gasteiger partial charge in [0.15, 0.2) is 0 Å². The molecule has 0 spiro atoms. The van der Waals surface area contributed by atoms with Gasteiger partial charge in [0.1, 0.15) is 28.2 Å². The highest BCUT2D eigenvalue weighted by atomic mass is 32.1. The lowest BCUT2D eigenvalue weighted by molar-refractivity contribution is 0.0687. The molecule has 0 atom stereocenters. The van der Waals surface area contributed by atoms with Gasteiger partial charge in [-0.3, -0.25) is 0 Å². The van der Waals surface area contributed by atoms with Crippen molar-refractivity contribution in [3.05, 3.63) is 71.9 Å². The van der Waals surface area contributed by atoms with Crippen LogP contribution < -0.4 is 9.47 Å². The second-order valence-corrected chi connectivity index (χ2v) is 7.84. The number of carboxylic acids is 1. The van der Waals surface area contributed by atoms with Gasteiger partial charge in [0.05, 0.1) is 31.5 Å². The lowest BCUT2D eigenvalue weighted by atomic mass is 10.0. The summed E-state index contributed by atoms with van der Waals surface area (Å²) in [7, 11) is 3.20. The number of ether oxygens (including phenoxy) is 2.